The topological polar surface area (TPSA) is 97.2 Å². The number of hydrogen-bond acceptors (Lipinski definition) is 6. The van der Waals surface area contributed by atoms with Gasteiger partial charge in [-0.05, 0) is 35.5 Å². The normalized spacial score (nSPS) is 15.0. The maximum absolute atomic E-state index is 13.8. The van der Waals surface area contributed by atoms with Gasteiger partial charge in [0.15, 0.2) is 0 Å². The van der Waals surface area contributed by atoms with Crippen LogP contribution in [0.4, 0.5) is 9.18 Å². The number of halogens is 1. The highest BCUT2D eigenvalue weighted by Crippen LogP contribution is 2.32. The molecule has 1 fully saturated rings. The molecule has 0 radical (unpaired) electrons. The molecule has 1 aromatic heterocycles. The summed E-state index contributed by atoms with van der Waals surface area (Å²) >= 11 is 0.742. The zero-order valence-electron chi connectivity index (χ0n) is 17.9. The van der Waals surface area contributed by atoms with Crippen LogP contribution in [0, 0.1) is 5.82 Å². The predicted molar refractivity (Wildman–Crippen MR) is 127 cm³/mol. The number of thioether (sulfide) groups is 1. The molecule has 34 heavy (non-hydrogen) atoms. The molecule has 1 aliphatic rings. The average Bonchev–Trinajstić information content (AvgIpc) is 3.39. The second-order valence-corrected chi connectivity index (χ2v) is 8.30. The first kappa shape index (κ1) is 23.1. The third-order valence-electron chi connectivity index (χ3n) is 4.85. The summed E-state index contributed by atoms with van der Waals surface area (Å²) in [7, 11) is 0. The van der Waals surface area contributed by atoms with E-state index < -0.39 is 22.9 Å². The highest BCUT2D eigenvalue weighted by molar-refractivity contribution is 8.18. The number of benzene rings is 2. The van der Waals surface area contributed by atoms with Crippen LogP contribution >= 0.6 is 11.8 Å². The van der Waals surface area contributed by atoms with E-state index in [4.69, 9.17) is 0 Å². The number of rotatable bonds is 8. The Bertz CT molecular complexity index is 1270. The summed E-state index contributed by atoms with van der Waals surface area (Å²) < 4.78 is 15.5. The third-order valence-corrected chi connectivity index (χ3v) is 5.76. The fraction of sp³-hybridized carbons (Fsp3) is 0.125. The van der Waals surface area contributed by atoms with Gasteiger partial charge < -0.3 is 5.32 Å². The largest absolute Gasteiger partial charge is 0.351 e. The molecule has 2 aromatic carbocycles. The Labute approximate surface area is 199 Å². The van der Waals surface area contributed by atoms with Crippen LogP contribution in [-0.4, -0.2) is 50.0 Å². The fourth-order valence-electron chi connectivity index (χ4n) is 3.17. The molecule has 10 heteroatoms. The molecule has 3 amide bonds. The van der Waals surface area contributed by atoms with Crippen molar-refractivity contribution in [2.24, 2.45) is 0 Å². The summed E-state index contributed by atoms with van der Waals surface area (Å²) in [6.07, 6.45) is 5.91. The standard InChI is InChI=1S/C24H20FN5O3S/c25-20-9-5-4-8-18(20)14-21-23(32)30(24(33)34-21)13-12-26-22(31)11-10-19-16-29(28-27-19)15-17-6-2-1-3-7-17/h1-11,14,16H,12-13,15H2,(H,26,31)/b11-10+,21-14-. The van der Waals surface area contributed by atoms with Gasteiger partial charge in [0.2, 0.25) is 5.91 Å². The lowest BCUT2D eigenvalue weighted by molar-refractivity contribution is -0.123. The second kappa shape index (κ2) is 10.7. The van der Waals surface area contributed by atoms with Crippen molar-refractivity contribution in [1.82, 2.24) is 25.2 Å². The van der Waals surface area contributed by atoms with Crippen LogP contribution in [0.1, 0.15) is 16.8 Å². The number of imide groups is 1. The van der Waals surface area contributed by atoms with Crippen molar-refractivity contribution in [3.63, 3.8) is 0 Å². The van der Waals surface area contributed by atoms with Crippen molar-refractivity contribution in [3.8, 4) is 0 Å². The summed E-state index contributed by atoms with van der Waals surface area (Å²) in [6, 6.07) is 15.8. The van der Waals surface area contributed by atoms with Crippen LogP contribution in [0.25, 0.3) is 12.2 Å². The second-order valence-electron chi connectivity index (χ2n) is 7.31. The van der Waals surface area contributed by atoms with E-state index in [1.54, 1.807) is 23.0 Å². The van der Waals surface area contributed by atoms with Crippen LogP contribution < -0.4 is 5.32 Å². The van der Waals surface area contributed by atoms with Gasteiger partial charge in [0, 0.05) is 24.7 Å². The SMILES string of the molecule is O=C(/C=C/c1cn(Cc2ccccc2)nn1)NCCN1C(=O)S/C(=C\c2ccccc2F)C1=O. The van der Waals surface area contributed by atoms with Gasteiger partial charge in [-0.2, -0.15) is 0 Å². The zero-order valence-corrected chi connectivity index (χ0v) is 18.7. The molecule has 1 N–H and O–H groups in total. The summed E-state index contributed by atoms with van der Waals surface area (Å²) in [5, 5.41) is 10.2. The number of carbonyl (C=O) groups is 3. The molecular weight excluding hydrogens is 457 g/mol. The van der Waals surface area contributed by atoms with Gasteiger partial charge in [0.05, 0.1) is 17.6 Å². The van der Waals surface area contributed by atoms with Crippen LogP contribution in [0.5, 0.6) is 0 Å². The maximum atomic E-state index is 13.8. The summed E-state index contributed by atoms with van der Waals surface area (Å²) in [5.41, 5.74) is 1.83. The summed E-state index contributed by atoms with van der Waals surface area (Å²) in [6.45, 7) is 0.651. The van der Waals surface area contributed by atoms with Gasteiger partial charge in [0.1, 0.15) is 11.5 Å². The molecule has 1 aliphatic heterocycles. The summed E-state index contributed by atoms with van der Waals surface area (Å²) in [4.78, 5) is 37.9. The van der Waals surface area contributed by atoms with Crippen molar-refractivity contribution in [2.75, 3.05) is 13.1 Å². The van der Waals surface area contributed by atoms with E-state index in [-0.39, 0.29) is 23.6 Å². The van der Waals surface area contributed by atoms with Crippen molar-refractivity contribution in [1.29, 1.82) is 0 Å². The lowest BCUT2D eigenvalue weighted by Crippen LogP contribution is -2.36. The molecule has 4 rings (SSSR count). The minimum atomic E-state index is -0.516. The van der Waals surface area contributed by atoms with Crippen molar-refractivity contribution in [3.05, 3.63) is 94.4 Å². The Morgan fingerprint density at radius 2 is 1.85 bits per heavy atom. The van der Waals surface area contributed by atoms with Gasteiger partial charge in [0.25, 0.3) is 11.1 Å². The van der Waals surface area contributed by atoms with Gasteiger partial charge in [-0.1, -0.05) is 53.7 Å². The number of aromatic nitrogens is 3. The minimum Gasteiger partial charge on any atom is -0.351 e. The van der Waals surface area contributed by atoms with E-state index in [2.05, 4.69) is 15.6 Å². The lowest BCUT2D eigenvalue weighted by Gasteiger charge is -2.12. The average molecular weight is 478 g/mol. The molecule has 0 atom stereocenters. The molecule has 0 spiro atoms. The first-order valence-corrected chi connectivity index (χ1v) is 11.2. The van der Waals surface area contributed by atoms with Crippen LogP contribution in [0.2, 0.25) is 0 Å². The first-order valence-electron chi connectivity index (χ1n) is 10.4. The number of nitrogens with zero attached hydrogens (tertiary/aromatic N) is 4. The number of hydrogen-bond donors (Lipinski definition) is 1. The molecule has 3 aromatic rings. The van der Waals surface area contributed by atoms with Crippen molar-refractivity contribution in [2.45, 2.75) is 6.54 Å². The number of carbonyl (C=O) groups excluding carboxylic acids is 3. The van der Waals surface area contributed by atoms with Gasteiger partial charge >= 0.3 is 0 Å². The smallest absolute Gasteiger partial charge is 0.293 e. The molecule has 0 bridgehead atoms. The van der Waals surface area contributed by atoms with E-state index in [9.17, 15) is 18.8 Å². The Morgan fingerprint density at radius 3 is 2.65 bits per heavy atom. The Hall–Kier alpha value is -4.05. The summed E-state index contributed by atoms with van der Waals surface area (Å²) in [5.74, 6) is -1.39. The highest BCUT2D eigenvalue weighted by Gasteiger charge is 2.34. The predicted octanol–water partition coefficient (Wildman–Crippen LogP) is 3.33. The van der Waals surface area contributed by atoms with Crippen molar-refractivity contribution < 1.29 is 18.8 Å². The number of nitrogens with one attached hydrogen (secondary N) is 1. The van der Waals surface area contributed by atoms with Crippen LogP contribution in [-0.2, 0) is 16.1 Å². The fourth-order valence-corrected chi connectivity index (χ4v) is 4.03. The Morgan fingerprint density at radius 1 is 1.09 bits per heavy atom. The first-order chi connectivity index (χ1) is 16.5. The Balaban J connectivity index is 1.26. The quantitative estimate of drug-likeness (QED) is 0.500. The third kappa shape index (κ3) is 5.84. The van der Waals surface area contributed by atoms with Gasteiger partial charge in [-0.3, -0.25) is 19.3 Å². The number of amides is 3. The molecule has 0 aliphatic carbocycles. The van der Waals surface area contributed by atoms with E-state index in [1.165, 1.54) is 30.4 Å². The van der Waals surface area contributed by atoms with E-state index in [0.29, 0.717) is 12.2 Å². The van der Waals surface area contributed by atoms with Crippen molar-refractivity contribution >= 4 is 41.0 Å². The molecule has 0 unspecified atom stereocenters. The molecule has 1 saturated heterocycles. The van der Waals surface area contributed by atoms with E-state index in [0.717, 1.165) is 22.2 Å². The molecule has 8 nitrogen and oxygen atoms in total. The highest BCUT2D eigenvalue weighted by atomic mass is 32.2. The molecular formula is C24H20FN5O3S. The molecule has 172 valence electrons. The lowest BCUT2D eigenvalue weighted by atomic mass is 10.2. The monoisotopic (exact) mass is 477 g/mol. The Kier molecular flexibility index (Phi) is 7.28. The van der Waals surface area contributed by atoms with E-state index in [1.807, 2.05) is 30.3 Å². The van der Waals surface area contributed by atoms with E-state index >= 15 is 0 Å². The van der Waals surface area contributed by atoms with Crippen LogP contribution in [0.15, 0.2) is 71.8 Å². The maximum Gasteiger partial charge on any atom is 0.293 e. The van der Waals surface area contributed by atoms with Gasteiger partial charge in [-0.15, -0.1) is 5.10 Å². The zero-order chi connectivity index (χ0) is 23.9. The minimum absolute atomic E-state index is 0.00607. The molecule has 2 heterocycles. The molecule has 0 saturated carbocycles. The van der Waals surface area contributed by atoms with Crippen LogP contribution in [0.3, 0.4) is 0 Å². The van der Waals surface area contributed by atoms with Gasteiger partial charge in [-0.25, -0.2) is 9.07 Å².